The van der Waals surface area contributed by atoms with Crippen molar-refractivity contribution < 1.29 is 0 Å². The molecule has 5 radical (unpaired) electrons. The van der Waals surface area contributed by atoms with E-state index in [0.29, 0.717) is 17.2 Å². The fourth-order valence-electron chi connectivity index (χ4n) is 3.54. The molecule has 155 valence electrons. The molecule has 8 heteroatoms. The molecule has 0 saturated carbocycles. The molecule has 33 heavy (non-hydrogen) atoms. The molecule has 0 aliphatic carbocycles. The second-order valence-corrected chi connectivity index (χ2v) is 7.16. The molecule has 0 fully saturated rings. The van der Waals surface area contributed by atoms with Gasteiger partial charge in [-0.05, 0) is 36.3 Å². The van der Waals surface area contributed by atoms with E-state index < -0.39 is 0 Å². The zero-order valence-electron chi connectivity index (χ0n) is 19.1. The minimum Gasteiger partial charge on any atom is -0.381 e. The lowest BCUT2D eigenvalue weighted by molar-refractivity contribution is 1.12. The Bertz CT molecular complexity index is 1300. The first-order valence-corrected chi connectivity index (χ1v) is 10.6. The Balaban J connectivity index is 2.29. The smallest absolute Gasteiger partial charge is 0.340 e. The summed E-state index contributed by atoms with van der Waals surface area (Å²) in [6.45, 7) is 15.9. The first-order valence-electron chi connectivity index (χ1n) is 10.6. The molecule has 3 rings (SSSR count). The highest BCUT2D eigenvalue weighted by molar-refractivity contribution is 6.96. The van der Waals surface area contributed by atoms with Gasteiger partial charge in [0.1, 0.15) is 12.9 Å². The topological polar surface area (TPSA) is 43.6 Å². The summed E-state index contributed by atoms with van der Waals surface area (Å²) in [5, 5.41) is 1.90. The van der Waals surface area contributed by atoms with Gasteiger partial charge in [-0.15, -0.1) is 0 Å². The second kappa shape index (κ2) is 11.4. The van der Waals surface area contributed by atoms with Crippen molar-refractivity contribution >= 4 is 76.6 Å². The molecule has 0 aliphatic rings. The lowest BCUT2D eigenvalue weighted by atomic mass is 9.55. The minimum atomic E-state index is 0.406. The summed E-state index contributed by atoms with van der Waals surface area (Å²) in [7, 11) is 10.7. The molecule has 0 spiro atoms. The standard InChI is InChI=1S/C25H23B4N4/c1-6-12-19-20(16-17(4)18-14-10-9-11-15-18)21(8-3)33(22(19)13-7-2)29-25-31-23(27-5)30-24(28-26)32-25/h6-16H,1-3H2,4-5H3/b17-16+,19-12-,22-13+. The predicted octanol–water partition coefficient (Wildman–Crippen LogP) is 0.393. The SMILES string of the molecule is [B][B]c1nc([B]C)nc([B]n2c(C=C)c(/C=C(\C)c3ccccc3)c(=C/C=C)/c2=C\C=C)n1. The van der Waals surface area contributed by atoms with Crippen LogP contribution in [0.5, 0.6) is 0 Å². The minimum absolute atomic E-state index is 0.406. The summed E-state index contributed by atoms with van der Waals surface area (Å²) >= 11 is 0. The molecule has 0 aliphatic heterocycles. The van der Waals surface area contributed by atoms with Crippen molar-refractivity contribution in [2.75, 3.05) is 0 Å². The van der Waals surface area contributed by atoms with E-state index >= 15 is 0 Å². The van der Waals surface area contributed by atoms with Crippen molar-refractivity contribution in [2.24, 2.45) is 0 Å². The Kier molecular flexibility index (Phi) is 8.31. The van der Waals surface area contributed by atoms with Gasteiger partial charge in [-0.3, -0.25) is 0 Å². The maximum absolute atomic E-state index is 5.68. The van der Waals surface area contributed by atoms with E-state index in [1.165, 1.54) is 7.17 Å². The normalized spacial score (nSPS) is 12.4. The first-order chi connectivity index (χ1) is 16.1. The average molecular weight is 423 g/mol. The molecule has 1 aromatic carbocycles. The molecular weight excluding hydrogens is 400 g/mol. The van der Waals surface area contributed by atoms with Gasteiger partial charge in [-0.1, -0.05) is 75.1 Å². The van der Waals surface area contributed by atoms with Crippen molar-refractivity contribution in [2.45, 2.75) is 13.7 Å². The summed E-state index contributed by atoms with van der Waals surface area (Å²) < 4.78 is 2.00. The molecule has 0 saturated heterocycles. The fraction of sp³-hybridized carbons (Fsp3) is 0.0800. The van der Waals surface area contributed by atoms with Crippen LogP contribution in [0.2, 0.25) is 6.82 Å². The van der Waals surface area contributed by atoms with Crippen molar-refractivity contribution in [3.63, 3.8) is 0 Å². The van der Waals surface area contributed by atoms with Crippen molar-refractivity contribution in [3.05, 3.63) is 89.6 Å². The van der Waals surface area contributed by atoms with Crippen LogP contribution >= 0.6 is 0 Å². The highest BCUT2D eigenvalue weighted by atomic mass is 15.0. The van der Waals surface area contributed by atoms with Crippen LogP contribution in [-0.2, 0) is 0 Å². The first kappa shape index (κ1) is 24.1. The highest BCUT2D eigenvalue weighted by Crippen LogP contribution is 2.18. The molecule has 2 aromatic heterocycles. The van der Waals surface area contributed by atoms with Crippen LogP contribution in [0, 0.1) is 0 Å². The number of benzene rings is 1. The molecular formula is C25H23B4N4. The number of hydrogen-bond donors (Lipinski definition) is 0. The van der Waals surface area contributed by atoms with Gasteiger partial charge in [0.25, 0.3) is 0 Å². The number of hydrogen-bond acceptors (Lipinski definition) is 3. The quantitative estimate of drug-likeness (QED) is 0.469. The summed E-state index contributed by atoms with van der Waals surface area (Å²) in [4.78, 5) is 13.2. The predicted molar refractivity (Wildman–Crippen MR) is 146 cm³/mol. The lowest BCUT2D eigenvalue weighted by Crippen LogP contribution is -2.47. The zero-order chi connectivity index (χ0) is 23.8. The van der Waals surface area contributed by atoms with Crippen LogP contribution < -0.4 is 27.7 Å². The summed E-state index contributed by atoms with van der Waals surface area (Å²) in [5.74, 6) is 0. The summed E-state index contributed by atoms with van der Waals surface area (Å²) in [5.41, 5.74) is 5.61. The van der Waals surface area contributed by atoms with Crippen LogP contribution in [0.3, 0.4) is 0 Å². The summed E-state index contributed by atoms with van der Waals surface area (Å²) in [6, 6.07) is 10.3. The van der Waals surface area contributed by atoms with Crippen molar-refractivity contribution in [1.29, 1.82) is 0 Å². The summed E-state index contributed by atoms with van der Waals surface area (Å²) in [6.07, 6.45) is 11.4. The van der Waals surface area contributed by atoms with E-state index in [1.54, 1.807) is 19.4 Å². The number of rotatable bonds is 9. The molecule has 0 bridgehead atoms. The van der Waals surface area contributed by atoms with Crippen LogP contribution in [-0.4, -0.2) is 49.0 Å². The Morgan fingerprint density at radius 1 is 0.970 bits per heavy atom. The van der Waals surface area contributed by atoms with Crippen LogP contribution in [0.1, 0.15) is 23.7 Å². The number of nitrogens with zero attached hydrogens (tertiary/aromatic N) is 4. The van der Waals surface area contributed by atoms with E-state index in [9.17, 15) is 0 Å². The molecule has 0 atom stereocenters. The zero-order valence-corrected chi connectivity index (χ0v) is 19.1. The fourth-order valence-corrected chi connectivity index (χ4v) is 3.54. The van der Waals surface area contributed by atoms with E-state index in [2.05, 4.69) is 59.8 Å². The third-order valence-corrected chi connectivity index (χ3v) is 5.04. The maximum Gasteiger partial charge on any atom is 0.340 e. The van der Waals surface area contributed by atoms with Gasteiger partial charge in [0.15, 0.2) is 0 Å². The molecule has 0 N–H and O–H groups in total. The van der Waals surface area contributed by atoms with Gasteiger partial charge in [-0.2, -0.15) is 0 Å². The van der Waals surface area contributed by atoms with Crippen LogP contribution in [0.25, 0.3) is 29.9 Å². The molecule has 2 heterocycles. The maximum atomic E-state index is 5.68. The van der Waals surface area contributed by atoms with E-state index in [4.69, 9.17) is 7.74 Å². The van der Waals surface area contributed by atoms with Gasteiger partial charge in [0.2, 0.25) is 7.28 Å². The Labute approximate surface area is 199 Å². The van der Waals surface area contributed by atoms with Gasteiger partial charge in [0.05, 0.1) is 11.4 Å². The second-order valence-electron chi connectivity index (χ2n) is 7.16. The molecule has 0 unspecified atom stereocenters. The largest absolute Gasteiger partial charge is 0.381 e. The van der Waals surface area contributed by atoms with Gasteiger partial charge in [-0.25, -0.2) is 15.0 Å². The molecule has 4 nitrogen and oxygen atoms in total. The van der Waals surface area contributed by atoms with Gasteiger partial charge < -0.3 is 4.48 Å². The van der Waals surface area contributed by atoms with E-state index in [1.807, 2.05) is 55.1 Å². The third kappa shape index (κ3) is 5.46. The van der Waals surface area contributed by atoms with Gasteiger partial charge in [0, 0.05) is 29.6 Å². The van der Waals surface area contributed by atoms with E-state index in [0.717, 1.165) is 33.0 Å². The van der Waals surface area contributed by atoms with Crippen molar-refractivity contribution in [1.82, 2.24) is 19.4 Å². The third-order valence-electron chi connectivity index (χ3n) is 5.04. The Morgan fingerprint density at radius 3 is 2.24 bits per heavy atom. The van der Waals surface area contributed by atoms with Crippen LogP contribution in [0.15, 0.2) is 62.2 Å². The average Bonchev–Trinajstić information content (AvgIpc) is 3.10. The molecule has 3 aromatic rings. The lowest BCUT2D eigenvalue weighted by Gasteiger charge is -2.09. The number of allylic oxidation sites excluding steroid dienone is 3. The van der Waals surface area contributed by atoms with E-state index in [-0.39, 0.29) is 0 Å². The monoisotopic (exact) mass is 423 g/mol. The Morgan fingerprint density at radius 2 is 1.64 bits per heavy atom. The van der Waals surface area contributed by atoms with Crippen molar-refractivity contribution in [3.8, 4) is 0 Å². The Hall–Kier alpha value is -3.53. The van der Waals surface area contributed by atoms with Crippen LogP contribution in [0.4, 0.5) is 0 Å². The molecule has 0 amide bonds. The number of aromatic nitrogens is 4. The van der Waals surface area contributed by atoms with Gasteiger partial charge >= 0.3 is 7.41 Å². The highest BCUT2D eigenvalue weighted by Gasteiger charge is 2.16.